The fourth-order valence-corrected chi connectivity index (χ4v) is 3.50. The van der Waals surface area contributed by atoms with Gasteiger partial charge in [0.2, 0.25) is 0 Å². The van der Waals surface area contributed by atoms with Crippen LogP contribution in [0.5, 0.6) is 0 Å². The highest BCUT2D eigenvalue weighted by atomic mass is 35.5. The van der Waals surface area contributed by atoms with Gasteiger partial charge in [0.1, 0.15) is 0 Å². The summed E-state index contributed by atoms with van der Waals surface area (Å²) in [5.41, 5.74) is 1.14. The van der Waals surface area contributed by atoms with Crippen molar-refractivity contribution in [3.05, 3.63) is 34.9 Å². The fourth-order valence-electron chi connectivity index (χ4n) is 3.17. The smallest absolute Gasteiger partial charge is 0.191 e. The van der Waals surface area contributed by atoms with Crippen LogP contribution >= 0.6 is 11.6 Å². The molecule has 1 saturated heterocycles. The Morgan fingerprint density at radius 1 is 1.38 bits per heavy atom. The minimum atomic E-state index is -0.0429. The van der Waals surface area contributed by atoms with Crippen LogP contribution in [0.25, 0.3) is 0 Å². The average Bonchev–Trinajstić information content (AvgIpc) is 2.60. The second-order valence-electron chi connectivity index (χ2n) is 6.30. The molecule has 1 atom stereocenters. The first-order valence-corrected chi connectivity index (χ1v) is 8.78. The van der Waals surface area contributed by atoms with Gasteiger partial charge >= 0.3 is 0 Å². The zero-order valence-corrected chi connectivity index (χ0v) is 15.5. The van der Waals surface area contributed by atoms with E-state index in [1.807, 2.05) is 18.2 Å². The van der Waals surface area contributed by atoms with Gasteiger partial charge in [-0.3, -0.25) is 4.99 Å². The summed E-state index contributed by atoms with van der Waals surface area (Å²) in [6.07, 6.45) is 1.88. The standard InChI is InChI=1S/C18H28ClN3O2/c1-14(12-23-3)22-17(20-2)21-13-18(8-10-24-11-9-18)15-6-4-5-7-16(15)19/h4-7,14H,8-13H2,1-3H3,(H2,20,21,22). The van der Waals surface area contributed by atoms with Crippen molar-refractivity contribution >= 4 is 17.6 Å². The van der Waals surface area contributed by atoms with Crippen LogP contribution in [0.2, 0.25) is 5.02 Å². The maximum Gasteiger partial charge on any atom is 0.191 e. The summed E-state index contributed by atoms with van der Waals surface area (Å²) in [6, 6.07) is 8.29. The lowest BCUT2D eigenvalue weighted by molar-refractivity contribution is 0.0514. The van der Waals surface area contributed by atoms with Crippen LogP contribution in [0.15, 0.2) is 29.3 Å². The van der Waals surface area contributed by atoms with Crippen LogP contribution in [0.3, 0.4) is 0 Å². The van der Waals surface area contributed by atoms with Crippen molar-refractivity contribution < 1.29 is 9.47 Å². The lowest BCUT2D eigenvalue weighted by Gasteiger charge is -2.39. The third kappa shape index (κ3) is 4.85. The zero-order valence-electron chi connectivity index (χ0n) is 14.8. The molecule has 134 valence electrons. The van der Waals surface area contributed by atoms with Crippen molar-refractivity contribution in [2.24, 2.45) is 4.99 Å². The molecule has 1 aliphatic rings. The van der Waals surface area contributed by atoms with E-state index in [4.69, 9.17) is 21.1 Å². The number of nitrogens with zero attached hydrogens (tertiary/aromatic N) is 1. The maximum atomic E-state index is 6.49. The number of hydrogen-bond acceptors (Lipinski definition) is 3. The Labute approximate surface area is 149 Å². The number of nitrogens with one attached hydrogen (secondary N) is 2. The Balaban J connectivity index is 2.11. The molecule has 1 aliphatic heterocycles. The van der Waals surface area contributed by atoms with Gasteiger partial charge in [0.15, 0.2) is 5.96 Å². The molecule has 0 aliphatic carbocycles. The van der Waals surface area contributed by atoms with E-state index in [0.717, 1.165) is 43.6 Å². The maximum absolute atomic E-state index is 6.49. The molecule has 0 amide bonds. The molecule has 2 N–H and O–H groups in total. The van der Waals surface area contributed by atoms with Crippen molar-refractivity contribution in [2.45, 2.75) is 31.2 Å². The van der Waals surface area contributed by atoms with Gasteiger partial charge in [-0.1, -0.05) is 29.8 Å². The second-order valence-corrected chi connectivity index (χ2v) is 6.71. The molecule has 0 radical (unpaired) electrons. The van der Waals surface area contributed by atoms with E-state index in [-0.39, 0.29) is 11.5 Å². The Hall–Kier alpha value is -1.30. The van der Waals surface area contributed by atoms with E-state index in [9.17, 15) is 0 Å². The molecule has 24 heavy (non-hydrogen) atoms. The first-order valence-electron chi connectivity index (χ1n) is 8.40. The first-order chi connectivity index (χ1) is 11.6. The van der Waals surface area contributed by atoms with Gasteiger partial charge in [-0.25, -0.2) is 0 Å². The van der Waals surface area contributed by atoms with Gasteiger partial charge in [0.25, 0.3) is 0 Å². The fraction of sp³-hybridized carbons (Fsp3) is 0.611. The largest absolute Gasteiger partial charge is 0.383 e. The van der Waals surface area contributed by atoms with Gasteiger partial charge in [0, 0.05) is 50.4 Å². The number of methoxy groups -OCH3 is 1. The Morgan fingerprint density at radius 3 is 2.71 bits per heavy atom. The molecule has 1 aromatic carbocycles. The summed E-state index contributed by atoms with van der Waals surface area (Å²) >= 11 is 6.49. The molecule has 2 rings (SSSR count). The summed E-state index contributed by atoms with van der Waals surface area (Å²) in [5, 5.41) is 7.62. The van der Waals surface area contributed by atoms with Crippen LogP contribution in [0, 0.1) is 0 Å². The number of ether oxygens (including phenoxy) is 2. The predicted molar refractivity (Wildman–Crippen MR) is 99.0 cm³/mol. The average molecular weight is 354 g/mol. The first kappa shape index (κ1) is 19.0. The number of benzene rings is 1. The molecule has 6 heteroatoms. The second kappa shape index (κ2) is 9.25. The predicted octanol–water partition coefficient (Wildman–Crippen LogP) is 2.59. The van der Waals surface area contributed by atoms with Gasteiger partial charge in [-0.05, 0) is 31.4 Å². The molecule has 1 unspecified atom stereocenters. The molecule has 0 bridgehead atoms. The number of hydrogen-bond donors (Lipinski definition) is 2. The zero-order chi connectivity index (χ0) is 17.4. The van der Waals surface area contributed by atoms with E-state index in [2.05, 4.69) is 28.6 Å². The Morgan fingerprint density at radius 2 is 2.08 bits per heavy atom. The molecule has 0 aromatic heterocycles. The summed E-state index contributed by atoms with van der Waals surface area (Å²) in [4.78, 5) is 4.32. The molecular formula is C18H28ClN3O2. The van der Waals surface area contributed by atoms with Crippen LogP contribution in [-0.4, -0.2) is 52.5 Å². The highest BCUT2D eigenvalue weighted by Crippen LogP contribution is 2.38. The SMILES string of the molecule is CN=C(NCC1(c2ccccc2Cl)CCOCC1)NC(C)COC. The van der Waals surface area contributed by atoms with Crippen molar-refractivity contribution in [1.29, 1.82) is 0 Å². The van der Waals surface area contributed by atoms with Crippen LogP contribution in [0.1, 0.15) is 25.3 Å². The van der Waals surface area contributed by atoms with E-state index in [0.29, 0.717) is 6.61 Å². The molecular weight excluding hydrogens is 326 g/mol. The van der Waals surface area contributed by atoms with Gasteiger partial charge in [-0.15, -0.1) is 0 Å². The Kier molecular flexibility index (Phi) is 7.34. The van der Waals surface area contributed by atoms with E-state index < -0.39 is 0 Å². The van der Waals surface area contributed by atoms with Crippen LogP contribution in [0.4, 0.5) is 0 Å². The van der Waals surface area contributed by atoms with Crippen molar-refractivity contribution in [3.8, 4) is 0 Å². The monoisotopic (exact) mass is 353 g/mol. The van der Waals surface area contributed by atoms with Crippen LogP contribution in [-0.2, 0) is 14.9 Å². The molecule has 1 heterocycles. The summed E-state index contributed by atoms with van der Waals surface area (Å²) in [6.45, 7) is 4.95. The van der Waals surface area contributed by atoms with Gasteiger partial charge in [0.05, 0.1) is 6.61 Å². The van der Waals surface area contributed by atoms with Crippen molar-refractivity contribution in [3.63, 3.8) is 0 Å². The molecule has 0 spiro atoms. The van der Waals surface area contributed by atoms with Crippen molar-refractivity contribution in [2.75, 3.05) is 40.5 Å². The lowest BCUT2D eigenvalue weighted by atomic mass is 9.74. The molecule has 1 fully saturated rings. The number of aliphatic imine (C=N–C) groups is 1. The molecule has 0 saturated carbocycles. The van der Waals surface area contributed by atoms with Gasteiger partial charge < -0.3 is 20.1 Å². The third-order valence-electron chi connectivity index (χ3n) is 4.51. The van der Waals surface area contributed by atoms with E-state index in [1.165, 1.54) is 5.56 Å². The number of rotatable bonds is 6. The van der Waals surface area contributed by atoms with Crippen LogP contribution < -0.4 is 10.6 Å². The third-order valence-corrected chi connectivity index (χ3v) is 4.84. The minimum Gasteiger partial charge on any atom is -0.383 e. The lowest BCUT2D eigenvalue weighted by Crippen LogP contribution is -2.50. The van der Waals surface area contributed by atoms with E-state index >= 15 is 0 Å². The topological polar surface area (TPSA) is 54.9 Å². The van der Waals surface area contributed by atoms with E-state index in [1.54, 1.807) is 14.2 Å². The number of halogens is 1. The highest BCUT2D eigenvalue weighted by Gasteiger charge is 2.36. The summed E-state index contributed by atoms with van der Waals surface area (Å²) in [7, 11) is 3.48. The normalized spacial score (nSPS) is 18.9. The quantitative estimate of drug-likeness (QED) is 0.609. The van der Waals surface area contributed by atoms with Crippen molar-refractivity contribution in [1.82, 2.24) is 10.6 Å². The number of guanidine groups is 1. The molecule has 1 aromatic rings. The van der Waals surface area contributed by atoms with Gasteiger partial charge in [-0.2, -0.15) is 0 Å². The highest BCUT2D eigenvalue weighted by molar-refractivity contribution is 6.31. The minimum absolute atomic E-state index is 0.0429. The summed E-state index contributed by atoms with van der Waals surface area (Å²) in [5.74, 6) is 0.775. The Bertz CT molecular complexity index is 545. The molecule has 5 nitrogen and oxygen atoms in total. The summed E-state index contributed by atoms with van der Waals surface area (Å²) < 4.78 is 10.8.